The molecule has 25 heavy (non-hydrogen) atoms. The van der Waals surface area contributed by atoms with Crippen molar-refractivity contribution in [2.75, 3.05) is 6.79 Å². The smallest absolute Gasteiger partial charge is 0.231 e. The van der Waals surface area contributed by atoms with Crippen LogP contribution in [0.15, 0.2) is 48.5 Å². The summed E-state index contributed by atoms with van der Waals surface area (Å²) >= 11 is 0. The van der Waals surface area contributed by atoms with Gasteiger partial charge in [0.2, 0.25) is 6.79 Å². The quantitative estimate of drug-likeness (QED) is 0.558. The van der Waals surface area contributed by atoms with Gasteiger partial charge >= 0.3 is 0 Å². The molecule has 0 unspecified atom stereocenters. The first-order valence-electron chi connectivity index (χ1n) is 9.01. The fourth-order valence-electron chi connectivity index (χ4n) is 3.64. The van der Waals surface area contributed by atoms with Crippen molar-refractivity contribution in [1.82, 2.24) is 0 Å². The monoisotopic (exact) mass is 334 g/mol. The molecule has 1 fully saturated rings. The van der Waals surface area contributed by atoms with Crippen LogP contribution in [-0.4, -0.2) is 12.6 Å². The lowest BCUT2D eigenvalue weighted by molar-refractivity contribution is 0.104. The molecule has 2 aliphatic rings. The molecule has 2 aromatic rings. The van der Waals surface area contributed by atoms with Crippen LogP contribution >= 0.6 is 0 Å². The number of hydrogen-bond acceptors (Lipinski definition) is 3. The third-order valence-corrected chi connectivity index (χ3v) is 5.10. The minimum atomic E-state index is 0.0212. The van der Waals surface area contributed by atoms with Gasteiger partial charge in [0.05, 0.1) is 0 Å². The summed E-state index contributed by atoms with van der Waals surface area (Å²) in [5.41, 5.74) is 3.03. The topological polar surface area (TPSA) is 35.5 Å². The van der Waals surface area contributed by atoms with Crippen LogP contribution in [0.3, 0.4) is 0 Å². The number of ether oxygens (including phenoxy) is 2. The molecule has 2 aromatic carbocycles. The van der Waals surface area contributed by atoms with E-state index in [-0.39, 0.29) is 12.6 Å². The van der Waals surface area contributed by atoms with Gasteiger partial charge in [-0.2, -0.15) is 0 Å². The maximum atomic E-state index is 12.4. The summed E-state index contributed by atoms with van der Waals surface area (Å²) in [5, 5.41) is 0. The average molecular weight is 334 g/mol. The van der Waals surface area contributed by atoms with Crippen LogP contribution in [0.2, 0.25) is 0 Å². The molecule has 1 heterocycles. The molecule has 1 saturated carbocycles. The van der Waals surface area contributed by atoms with Crippen LogP contribution in [0.25, 0.3) is 6.08 Å². The predicted octanol–water partition coefficient (Wildman–Crippen LogP) is 5.36. The molecule has 0 radical (unpaired) electrons. The highest BCUT2D eigenvalue weighted by atomic mass is 16.7. The first-order chi connectivity index (χ1) is 12.3. The predicted molar refractivity (Wildman–Crippen MR) is 98.2 cm³/mol. The molecule has 1 aliphatic heterocycles. The van der Waals surface area contributed by atoms with Gasteiger partial charge in [-0.15, -0.1) is 0 Å². The van der Waals surface area contributed by atoms with Gasteiger partial charge in [0.25, 0.3) is 0 Å². The Balaban J connectivity index is 1.43. The summed E-state index contributed by atoms with van der Waals surface area (Å²) in [7, 11) is 0. The second-order valence-electron chi connectivity index (χ2n) is 6.77. The zero-order valence-corrected chi connectivity index (χ0v) is 14.2. The summed E-state index contributed by atoms with van der Waals surface area (Å²) in [5.74, 6) is 2.17. The van der Waals surface area contributed by atoms with Crippen molar-refractivity contribution < 1.29 is 14.3 Å². The Labute approximate surface area is 148 Å². The summed E-state index contributed by atoms with van der Waals surface area (Å²) < 4.78 is 10.7. The summed E-state index contributed by atoms with van der Waals surface area (Å²) in [6.07, 6.45) is 9.99. The Morgan fingerprint density at radius 3 is 2.48 bits per heavy atom. The van der Waals surface area contributed by atoms with E-state index in [9.17, 15) is 4.79 Å². The Bertz CT molecular complexity index is 783. The molecule has 0 aromatic heterocycles. The number of carbonyl (C=O) groups is 1. The number of fused-ring (bicyclic) bond motifs is 1. The molecule has 0 saturated heterocycles. The van der Waals surface area contributed by atoms with Crippen molar-refractivity contribution in [3.8, 4) is 11.5 Å². The molecule has 1 aliphatic carbocycles. The van der Waals surface area contributed by atoms with Gasteiger partial charge in [-0.3, -0.25) is 4.79 Å². The van der Waals surface area contributed by atoms with Crippen molar-refractivity contribution in [3.05, 3.63) is 65.2 Å². The van der Waals surface area contributed by atoms with Gasteiger partial charge in [0.1, 0.15) is 0 Å². The molecule has 0 spiro atoms. The van der Waals surface area contributed by atoms with Gasteiger partial charge in [-0.1, -0.05) is 55.7 Å². The van der Waals surface area contributed by atoms with E-state index < -0.39 is 0 Å². The standard InChI is InChI=1S/C22H22O3/c23-20(12-6-16-7-13-21-22(14-16)25-15-24-21)19-10-8-18(9-11-19)17-4-2-1-3-5-17/h6-14,17H,1-5,15H2/b12-6+. The second-order valence-corrected chi connectivity index (χ2v) is 6.77. The van der Waals surface area contributed by atoms with Crippen molar-refractivity contribution >= 4 is 11.9 Å². The molecule has 3 nitrogen and oxygen atoms in total. The summed E-state index contributed by atoms with van der Waals surface area (Å²) in [6, 6.07) is 13.8. The number of allylic oxidation sites excluding steroid dienone is 1. The van der Waals surface area contributed by atoms with Crippen LogP contribution in [0, 0.1) is 0 Å². The fourth-order valence-corrected chi connectivity index (χ4v) is 3.64. The van der Waals surface area contributed by atoms with E-state index in [0.717, 1.165) is 22.6 Å². The Morgan fingerprint density at radius 2 is 1.68 bits per heavy atom. The lowest BCUT2D eigenvalue weighted by Gasteiger charge is -2.21. The third-order valence-electron chi connectivity index (χ3n) is 5.10. The van der Waals surface area contributed by atoms with Gasteiger partial charge in [0.15, 0.2) is 17.3 Å². The minimum Gasteiger partial charge on any atom is -0.454 e. The van der Waals surface area contributed by atoms with Gasteiger partial charge in [0, 0.05) is 5.56 Å². The van der Waals surface area contributed by atoms with Crippen molar-refractivity contribution in [3.63, 3.8) is 0 Å². The van der Waals surface area contributed by atoms with Gasteiger partial charge in [-0.25, -0.2) is 0 Å². The van der Waals surface area contributed by atoms with Crippen LogP contribution in [-0.2, 0) is 0 Å². The van der Waals surface area contributed by atoms with E-state index in [1.54, 1.807) is 6.08 Å². The normalized spacial score (nSPS) is 17.1. The molecule has 128 valence electrons. The van der Waals surface area contributed by atoms with Crippen LogP contribution in [0.5, 0.6) is 11.5 Å². The number of hydrogen-bond donors (Lipinski definition) is 0. The van der Waals surface area contributed by atoms with E-state index in [0.29, 0.717) is 5.92 Å². The van der Waals surface area contributed by atoms with E-state index in [4.69, 9.17) is 9.47 Å². The van der Waals surface area contributed by atoms with Crippen LogP contribution in [0.1, 0.15) is 59.5 Å². The molecular weight excluding hydrogens is 312 g/mol. The summed E-state index contributed by atoms with van der Waals surface area (Å²) in [6.45, 7) is 0.259. The van der Waals surface area contributed by atoms with Gasteiger partial charge in [-0.05, 0) is 48.1 Å². The zero-order valence-electron chi connectivity index (χ0n) is 14.2. The highest BCUT2D eigenvalue weighted by molar-refractivity contribution is 6.06. The first-order valence-corrected chi connectivity index (χ1v) is 9.01. The Hall–Kier alpha value is -2.55. The molecular formula is C22H22O3. The third kappa shape index (κ3) is 3.60. The lowest BCUT2D eigenvalue weighted by atomic mass is 9.84. The molecule has 0 amide bonds. The van der Waals surface area contributed by atoms with Crippen molar-refractivity contribution in [2.45, 2.75) is 38.0 Å². The van der Waals surface area contributed by atoms with Crippen LogP contribution < -0.4 is 9.47 Å². The van der Waals surface area contributed by atoms with E-state index in [1.165, 1.54) is 37.7 Å². The lowest BCUT2D eigenvalue weighted by Crippen LogP contribution is -2.04. The molecule has 3 heteroatoms. The Morgan fingerprint density at radius 1 is 0.920 bits per heavy atom. The molecule has 0 bridgehead atoms. The van der Waals surface area contributed by atoms with E-state index >= 15 is 0 Å². The highest BCUT2D eigenvalue weighted by Crippen LogP contribution is 2.33. The largest absolute Gasteiger partial charge is 0.454 e. The minimum absolute atomic E-state index is 0.0212. The van der Waals surface area contributed by atoms with E-state index in [1.807, 2.05) is 36.4 Å². The molecule has 4 rings (SSSR count). The first kappa shape index (κ1) is 15.9. The van der Waals surface area contributed by atoms with Crippen molar-refractivity contribution in [2.24, 2.45) is 0 Å². The highest BCUT2D eigenvalue weighted by Gasteiger charge is 2.16. The Kier molecular flexibility index (Phi) is 4.55. The van der Waals surface area contributed by atoms with Crippen LogP contribution in [0.4, 0.5) is 0 Å². The molecule has 0 N–H and O–H groups in total. The van der Waals surface area contributed by atoms with Crippen molar-refractivity contribution in [1.29, 1.82) is 0 Å². The van der Waals surface area contributed by atoms with E-state index in [2.05, 4.69) is 12.1 Å². The SMILES string of the molecule is O=C(/C=C/c1ccc2c(c1)OCO2)c1ccc(C2CCCCC2)cc1. The fraction of sp³-hybridized carbons (Fsp3) is 0.318. The number of carbonyl (C=O) groups excluding carboxylic acids is 1. The summed E-state index contributed by atoms with van der Waals surface area (Å²) in [4.78, 5) is 12.4. The number of benzene rings is 2. The second kappa shape index (κ2) is 7.14. The number of rotatable bonds is 4. The van der Waals surface area contributed by atoms with Gasteiger partial charge < -0.3 is 9.47 Å². The maximum absolute atomic E-state index is 12.4. The average Bonchev–Trinajstić information content (AvgIpc) is 3.15. The zero-order chi connectivity index (χ0) is 17.1. The molecule has 0 atom stereocenters. The maximum Gasteiger partial charge on any atom is 0.231 e. The number of ketones is 1.